The smallest absolute Gasteiger partial charge is 0.156 e. The molecule has 2 unspecified atom stereocenters. The number of hydrogen-bond acceptors (Lipinski definition) is 5. The molecule has 0 saturated carbocycles. The summed E-state index contributed by atoms with van der Waals surface area (Å²) >= 11 is 0. The largest absolute Gasteiger partial charge is 0.388 e. The highest BCUT2D eigenvalue weighted by Crippen LogP contribution is 2.17. The number of morpholine rings is 1. The van der Waals surface area contributed by atoms with Crippen LogP contribution in [0.5, 0.6) is 0 Å². The summed E-state index contributed by atoms with van der Waals surface area (Å²) in [5.74, 6) is 1.32. The summed E-state index contributed by atoms with van der Waals surface area (Å²) in [4.78, 5) is 10.4. The van der Waals surface area contributed by atoms with Crippen molar-refractivity contribution in [3.8, 4) is 0 Å². The topological polar surface area (TPSA) is 58.5 Å². The van der Waals surface area contributed by atoms with Gasteiger partial charge in [-0.1, -0.05) is 0 Å². The van der Waals surface area contributed by atoms with E-state index in [-0.39, 0.29) is 18.8 Å². The van der Waals surface area contributed by atoms with Gasteiger partial charge in [-0.2, -0.15) is 0 Å². The summed E-state index contributed by atoms with van der Waals surface area (Å²) in [5, 5.41) is 9.00. The van der Waals surface area contributed by atoms with E-state index in [1.807, 2.05) is 6.07 Å². The number of aromatic nitrogens is 2. The van der Waals surface area contributed by atoms with E-state index in [1.165, 1.54) is 0 Å². The Bertz CT molecular complexity index is 349. The van der Waals surface area contributed by atoms with Gasteiger partial charge in [0.05, 0.1) is 12.2 Å². The van der Waals surface area contributed by atoms with Crippen LogP contribution in [0.1, 0.15) is 19.7 Å². The Kier molecular flexibility index (Phi) is 3.36. The highest BCUT2D eigenvalue weighted by molar-refractivity contribution is 5.38. The van der Waals surface area contributed by atoms with E-state index in [9.17, 15) is 0 Å². The Balaban J connectivity index is 2.16. The number of hydrogen-bond donors (Lipinski definition) is 1. The van der Waals surface area contributed by atoms with Gasteiger partial charge in [0.15, 0.2) is 5.82 Å². The van der Waals surface area contributed by atoms with Crippen molar-refractivity contribution in [3.63, 3.8) is 0 Å². The van der Waals surface area contributed by atoms with Gasteiger partial charge in [0.1, 0.15) is 12.4 Å². The second-order valence-electron chi connectivity index (χ2n) is 4.15. The molecule has 0 amide bonds. The van der Waals surface area contributed by atoms with E-state index < -0.39 is 0 Å². The van der Waals surface area contributed by atoms with Crippen molar-refractivity contribution in [2.45, 2.75) is 32.7 Å². The fourth-order valence-electron chi connectivity index (χ4n) is 2.01. The van der Waals surface area contributed by atoms with Crippen LogP contribution in [0.2, 0.25) is 0 Å². The zero-order valence-electron chi connectivity index (χ0n) is 9.63. The molecule has 0 spiro atoms. The summed E-state index contributed by atoms with van der Waals surface area (Å²) in [7, 11) is 0. The van der Waals surface area contributed by atoms with Crippen molar-refractivity contribution in [2.24, 2.45) is 0 Å². The fourth-order valence-corrected chi connectivity index (χ4v) is 2.01. The Morgan fingerprint density at radius 1 is 1.44 bits per heavy atom. The second kappa shape index (κ2) is 4.76. The van der Waals surface area contributed by atoms with E-state index in [2.05, 4.69) is 28.7 Å². The van der Waals surface area contributed by atoms with Crippen LogP contribution >= 0.6 is 0 Å². The average molecular weight is 223 g/mol. The standard InChI is InChI=1S/C11H17N3O2/c1-8-5-14(6-9(2)16-8)11-3-4-12-10(7-15)13-11/h3-4,8-9,15H,5-7H2,1-2H3. The number of rotatable bonds is 2. The van der Waals surface area contributed by atoms with E-state index in [1.54, 1.807) is 6.20 Å². The lowest BCUT2D eigenvalue weighted by Crippen LogP contribution is -2.45. The van der Waals surface area contributed by atoms with Gasteiger partial charge in [0, 0.05) is 19.3 Å². The summed E-state index contributed by atoms with van der Waals surface area (Å²) in [6.45, 7) is 5.63. The highest BCUT2D eigenvalue weighted by atomic mass is 16.5. The molecule has 16 heavy (non-hydrogen) atoms. The molecule has 5 heteroatoms. The molecule has 2 heterocycles. The lowest BCUT2D eigenvalue weighted by Gasteiger charge is -2.36. The molecule has 1 fully saturated rings. The quantitative estimate of drug-likeness (QED) is 0.795. The first-order valence-electron chi connectivity index (χ1n) is 5.52. The molecule has 1 aromatic heterocycles. The minimum Gasteiger partial charge on any atom is -0.388 e. The van der Waals surface area contributed by atoms with Crippen molar-refractivity contribution < 1.29 is 9.84 Å². The molecule has 0 bridgehead atoms. The number of anilines is 1. The summed E-state index contributed by atoms with van der Waals surface area (Å²) in [6, 6.07) is 1.86. The number of aliphatic hydroxyl groups excluding tert-OH is 1. The number of aliphatic hydroxyl groups is 1. The summed E-state index contributed by atoms with van der Waals surface area (Å²) in [5.41, 5.74) is 0. The van der Waals surface area contributed by atoms with Crippen LogP contribution in [-0.2, 0) is 11.3 Å². The van der Waals surface area contributed by atoms with Crippen LogP contribution < -0.4 is 4.90 Å². The molecule has 1 saturated heterocycles. The molecule has 1 N–H and O–H groups in total. The molecular formula is C11H17N3O2. The van der Waals surface area contributed by atoms with Gasteiger partial charge in [0.25, 0.3) is 0 Å². The maximum atomic E-state index is 9.00. The highest BCUT2D eigenvalue weighted by Gasteiger charge is 2.23. The summed E-state index contributed by atoms with van der Waals surface area (Å²) < 4.78 is 5.66. The Morgan fingerprint density at radius 3 is 2.75 bits per heavy atom. The fraction of sp³-hybridized carbons (Fsp3) is 0.636. The zero-order chi connectivity index (χ0) is 11.5. The first kappa shape index (κ1) is 11.3. The van der Waals surface area contributed by atoms with Crippen LogP contribution in [-0.4, -0.2) is 40.4 Å². The molecule has 1 aliphatic heterocycles. The van der Waals surface area contributed by atoms with Crippen molar-refractivity contribution in [3.05, 3.63) is 18.1 Å². The minimum absolute atomic E-state index is 0.122. The van der Waals surface area contributed by atoms with Crippen LogP contribution in [0.15, 0.2) is 12.3 Å². The van der Waals surface area contributed by atoms with Gasteiger partial charge in [-0.3, -0.25) is 0 Å². The van der Waals surface area contributed by atoms with Crippen LogP contribution in [0.25, 0.3) is 0 Å². The van der Waals surface area contributed by atoms with Crippen molar-refractivity contribution >= 4 is 5.82 Å². The van der Waals surface area contributed by atoms with Gasteiger partial charge in [-0.15, -0.1) is 0 Å². The first-order chi connectivity index (χ1) is 7.69. The molecule has 5 nitrogen and oxygen atoms in total. The van der Waals surface area contributed by atoms with Gasteiger partial charge >= 0.3 is 0 Å². The molecule has 1 aliphatic rings. The van der Waals surface area contributed by atoms with E-state index >= 15 is 0 Å². The molecule has 88 valence electrons. The zero-order valence-corrected chi connectivity index (χ0v) is 9.63. The van der Waals surface area contributed by atoms with Gasteiger partial charge in [-0.05, 0) is 19.9 Å². The van der Waals surface area contributed by atoms with E-state index in [4.69, 9.17) is 9.84 Å². The molecule has 0 radical (unpaired) electrons. The van der Waals surface area contributed by atoms with Crippen molar-refractivity contribution in [1.29, 1.82) is 0 Å². The van der Waals surface area contributed by atoms with Gasteiger partial charge in [0.2, 0.25) is 0 Å². The molecule has 0 aromatic carbocycles. The first-order valence-corrected chi connectivity index (χ1v) is 5.52. The third-order valence-electron chi connectivity index (χ3n) is 2.58. The Morgan fingerprint density at radius 2 is 2.12 bits per heavy atom. The number of nitrogens with zero attached hydrogens (tertiary/aromatic N) is 3. The second-order valence-corrected chi connectivity index (χ2v) is 4.15. The Labute approximate surface area is 95.1 Å². The van der Waals surface area contributed by atoms with Crippen LogP contribution in [0.3, 0.4) is 0 Å². The maximum absolute atomic E-state index is 9.00. The van der Waals surface area contributed by atoms with E-state index in [0.717, 1.165) is 18.9 Å². The third-order valence-corrected chi connectivity index (χ3v) is 2.58. The van der Waals surface area contributed by atoms with Gasteiger partial charge in [-0.25, -0.2) is 9.97 Å². The van der Waals surface area contributed by atoms with Crippen molar-refractivity contribution in [1.82, 2.24) is 9.97 Å². The lowest BCUT2D eigenvalue weighted by molar-refractivity contribution is -0.00548. The third kappa shape index (κ3) is 2.48. The maximum Gasteiger partial charge on any atom is 0.156 e. The minimum atomic E-state index is -0.122. The Hall–Kier alpha value is -1.20. The van der Waals surface area contributed by atoms with Gasteiger partial charge < -0.3 is 14.7 Å². The monoisotopic (exact) mass is 223 g/mol. The van der Waals surface area contributed by atoms with Crippen LogP contribution in [0.4, 0.5) is 5.82 Å². The lowest BCUT2D eigenvalue weighted by atomic mass is 10.2. The molecule has 0 aliphatic carbocycles. The molecular weight excluding hydrogens is 206 g/mol. The predicted octanol–water partition coefficient (Wildman–Crippen LogP) is 0.583. The predicted molar refractivity (Wildman–Crippen MR) is 60.2 cm³/mol. The average Bonchev–Trinajstić information content (AvgIpc) is 2.28. The number of ether oxygens (including phenoxy) is 1. The summed E-state index contributed by atoms with van der Waals surface area (Å²) in [6.07, 6.45) is 2.09. The normalized spacial score (nSPS) is 25.8. The van der Waals surface area contributed by atoms with Crippen LogP contribution in [0, 0.1) is 0 Å². The molecule has 2 atom stereocenters. The molecule has 2 rings (SSSR count). The SMILES string of the molecule is CC1CN(c2ccnc(CO)n2)CC(C)O1. The van der Waals surface area contributed by atoms with Crippen molar-refractivity contribution in [2.75, 3.05) is 18.0 Å². The molecule has 1 aromatic rings. The van der Waals surface area contributed by atoms with E-state index in [0.29, 0.717) is 5.82 Å².